The minimum Gasteiger partial charge on any atom is -0.497 e. The Kier molecular flexibility index (Phi) is 6.53. The van der Waals surface area contributed by atoms with E-state index in [1.807, 2.05) is 0 Å². The fourth-order valence-corrected chi connectivity index (χ4v) is 4.31. The number of nitrogens with one attached hydrogen (secondary N) is 3. The smallest absolute Gasteiger partial charge is 0.325 e. The van der Waals surface area contributed by atoms with Gasteiger partial charge in [-0.1, -0.05) is 25.0 Å². The lowest BCUT2D eigenvalue weighted by Crippen LogP contribution is -2.42. The third-order valence-corrected chi connectivity index (χ3v) is 6.19. The van der Waals surface area contributed by atoms with Crippen molar-refractivity contribution in [2.75, 3.05) is 19.0 Å². The van der Waals surface area contributed by atoms with Crippen molar-refractivity contribution in [3.63, 3.8) is 0 Å². The van der Waals surface area contributed by atoms with Crippen molar-refractivity contribution in [2.45, 2.75) is 50.7 Å². The van der Waals surface area contributed by atoms with Crippen molar-refractivity contribution in [2.24, 2.45) is 0 Å². The third kappa shape index (κ3) is 4.87. The van der Waals surface area contributed by atoms with Crippen LogP contribution in [-0.4, -0.2) is 58.1 Å². The Labute approximate surface area is 196 Å². The van der Waals surface area contributed by atoms with Crippen molar-refractivity contribution in [3.05, 3.63) is 42.2 Å². The lowest BCUT2D eigenvalue weighted by Gasteiger charge is -2.22. The van der Waals surface area contributed by atoms with Gasteiger partial charge in [-0.25, -0.2) is 4.79 Å². The van der Waals surface area contributed by atoms with Gasteiger partial charge in [0.05, 0.1) is 19.0 Å². The first kappa shape index (κ1) is 23.3. The highest BCUT2D eigenvalue weighted by Gasteiger charge is 2.49. The fourth-order valence-electron chi connectivity index (χ4n) is 4.31. The van der Waals surface area contributed by atoms with E-state index in [9.17, 15) is 19.2 Å². The molecule has 4 rings (SSSR count). The molecule has 3 N–H and O–H groups in total. The molecule has 1 aromatic heterocycles. The molecule has 2 aliphatic rings. The Bertz CT molecular complexity index is 1090. The second-order valence-electron chi connectivity index (χ2n) is 8.70. The van der Waals surface area contributed by atoms with Gasteiger partial charge in [0.1, 0.15) is 24.4 Å². The number of hydrogen-bond donors (Lipinski definition) is 3. The summed E-state index contributed by atoms with van der Waals surface area (Å²) in [4.78, 5) is 51.1. The molecule has 2 aromatic rings. The van der Waals surface area contributed by atoms with Crippen LogP contribution in [0.4, 0.5) is 10.5 Å². The summed E-state index contributed by atoms with van der Waals surface area (Å²) in [6.07, 6.45) is 7.17. The van der Waals surface area contributed by atoms with Gasteiger partial charge >= 0.3 is 6.03 Å². The summed E-state index contributed by atoms with van der Waals surface area (Å²) in [5.74, 6) is -0.600. The Morgan fingerprint density at radius 3 is 2.53 bits per heavy atom. The number of aromatic nitrogens is 2. The summed E-state index contributed by atoms with van der Waals surface area (Å²) >= 11 is 0. The minimum atomic E-state index is -1.29. The van der Waals surface area contributed by atoms with E-state index >= 15 is 0 Å². The van der Waals surface area contributed by atoms with Gasteiger partial charge < -0.3 is 20.7 Å². The van der Waals surface area contributed by atoms with Crippen LogP contribution in [0, 0.1) is 0 Å². The van der Waals surface area contributed by atoms with E-state index in [1.165, 1.54) is 24.2 Å². The molecule has 5 amide bonds. The Balaban J connectivity index is 1.33. The number of urea groups is 1. The van der Waals surface area contributed by atoms with E-state index in [0.29, 0.717) is 17.0 Å². The van der Waals surface area contributed by atoms with Gasteiger partial charge in [0, 0.05) is 12.2 Å². The van der Waals surface area contributed by atoms with Gasteiger partial charge in [-0.2, -0.15) is 5.10 Å². The lowest BCUT2D eigenvalue weighted by atomic mass is 9.92. The third-order valence-electron chi connectivity index (χ3n) is 6.19. The van der Waals surface area contributed by atoms with Gasteiger partial charge in [-0.05, 0) is 37.5 Å². The number of anilines is 1. The monoisotopic (exact) mass is 468 g/mol. The van der Waals surface area contributed by atoms with Crippen molar-refractivity contribution in [1.82, 2.24) is 25.3 Å². The molecule has 1 unspecified atom stereocenters. The van der Waals surface area contributed by atoms with Crippen LogP contribution in [0.25, 0.3) is 0 Å². The Morgan fingerprint density at radius 2 is 1.85 bits per heavy atom. The van der Waals surface area contributed by atoms with Gasteiger partial charge in [0.2, 0.25) is 11.8 Å². The number of carbonyl (C=O) groups excluding carboxylic acids is 4. The summed E-state index contributed by atoms with van der Waals surface area (Å²) in [6, 6.07) is 6.34. The van der Waals surface area contributed by atoms with Crippen LogP contribution in [0.5, 0.6) is 5.75 Å². The summed E-state index contributed by atoms with van der Waals surface area (Å²) in [5.41, 5.74) is -0.350. The van der Waals surface area contributed by atoms with Crippen LogP contribution in [0.3, 0.4) is 0 Å². The maximum Gasteiger partial charge on any atom is 0.325 e. The largest absolute Gasteiger partial charge is 0.497 e. The predicted molar refractivity (Wildman–Crippen MR) is 122 cm³/mol. The van der Waals surface area contributed by atoms with Crippen LogP contribution in [0.1, 0.15) is 38.2 Å². The van der Waals surface area contributed by atoms with Crippen LogP contribution in [0.2, 0.25) is 0 Å². The highest BCUT2D eigenvalue weighted by atomic mass is 16.5. The molecule has 2 heterocycles. The van der Waals surface area contributed by atoms with Gasteiger partial charge in [0.15, 0.2) is 0 Å². The molecule has 1 aromatic carbocycles. The van der Waals surface area contributed by atoms with Crippen LogP contribution >= 0.6 is 0 Å². The molecule has 180 valence electrons. The first-order valence-corrected chi connectivity index (χ1v) is 11.2. The molecule has 11 heteroatoms. The highest BCUT2D eigenvalue weighted by Crippen LogP contribution is 2.30. The molecule has 0 spiro atoms. The zero-order valence-electron chi connectivity index (χ0n) is 19.2. The van der Waals surface area contributed by atoms with E-state index in [2.05, 4.69) is 21.0 Å². The number of amides is 5. The Hall–Kier alpha value is -3.89. The lowest BCUT2D eigenvalue weighted by molar-refractivity contribution is -0.133. The van der Waals surface area contributed by atoms with Crippen molar-refractivity contribution >= 4 is 29.4 Å². The molecule has 2 fully saturated rings. The van der Waals surface area contributed by atoms with Crippen molar-refractivity contribution in [3.8, 4) is 5.75 Å². The summed E-state index contributed by atoms with van der Waals surface area (Å²) in [6.45, 7) is 1.18. The minimum absolute atomic E-state index is 0.0413. The van der Waals surface area contributed by atoms with Crippen LogP contribution < -0.4 is 20.7 Å². The molecule has 0 radical (unpaired) electrons. The number of hydrogen-bond acceptors (Lipinski definition) is 6. The van der Waals surface area contributed by atoms with Gasteiger partial charge in [-0.3, -0.25) is 24.0 Å². The second-order valence-corrected chi connectivity index (χ2v) is 8.70. The van der Waals surface area contributed by atoms with E-state index in [0.717, 1.165) is 30.6 Å². The zero-order chi connectivity index (χ0) is 24.3. The fraction of sp³-hybridized carbons (Fsp3) is 0.435. The molecule has 1 saturated carbocycles. The van der Waals surface area contributed by atoms with E-state index in [4.69, 9.17) is 4.74 Å². The topological polar surface area (TPSA) is 135 Å². The quantitative estimate of drug-likeness (QED) is 0.501. The zero-order valence-corrected chi connectivity index (χ0v) is 19.2. The summed E-state index contributed by atoms with van der Waals surface area (Å²) in [5, 5.41) is 12.4. The molecule has 34 heavy (non-hydrogen) atoms. The number of benzene rings is 1. The van der Waals surface area contributed by atoms with Gasteiger partial charge in [-0.15, -0.1) is 0 Å². The first-order chi connectivity index (χ1) is 16.3. The number of ether oxygens (including phenoxy) is 1. The number of methoxy groups -OCH3 is 1. The average Bonchev–Trinajstić information content (AvgIpc) is 3.52. The molecule has 1 saturated heterocycles. The summed E-state index contributed by atoms with van der Waals surface area (Å²) in [7, 11) is 1.54. The van der Waals surface area contributed by atoms with Gasteiger partial charge in [0.25, 0.3) is 5.91 Å². The maximum atomic E-state index is 13.0. The number of imide groups is 1. The molecular weight excluding hydrogens is 440 g/mol. The molecule has 1 aliphatic carbocycles. The average molecular weight is 469 g/mol. The SMILES string of the molecule is COc1ccc(C2(C)NC(=O)N(CC(=O)Nc3cnn(CC(=O)NC4CCCC4)c3)C2=O)cc1. The molecular formula is C23H28N6O5. The number of nitrogens with zero attached hydrogens (tertiary/aromatic N) is 3. The van der Waals surface area contributed by atoms with Crippen molar-refractivity contribution < 1.29 is 23.9 Å². The second kappa shape index (κ2) is 9.54. The maximum absolute atomic E-state index is 13.0. The van der Waals surface area contributed by atoms with Crippen molar-refractivity contribution in [1.29, 1.82) is 0 Å². The standard InChI is InChI=1S/C23H28N6O5/c1-23(15-7-9-18(34-2)10-8-15)21(32)29(22(33)27-23)14-20(31)26-17-11-24-28(12-17)13-19(30)25-16-5-3-4-6-16/h7-12,16H,3-6,13-14H2,1-2H3,(H,25,30)(H,26,31)(H,27,33). The molecule has 11 nitrogen and oxygen atoms in total. The van der Waals surface area contributed by atoms with Crippen LogP contribution in [-0.2, 0) is 26.5 Å². The van der Waals surface area contributed by atoms with Crippen LogP contribution in [0.15, 0.2) is 36.7 Å². The normalized spacial score (nSPS) is 20.4. The van der Waals surface area contributed by atoms with E-state index in [-0.39, 0.29) is 18.5 Å². The molecule has 1 atom stereocenters. The molecule has 1 aliphatic heterocycles. The highest BCUT2D eigenvalue weighted by molar-refractivity contribution is 6.10. The summed E-state index contributed by atoms with van der Waals surface area (Å²) < 4.78 is 6.56. The number of rotatable bonds is 8. The predicted octanol–water partition coefficient (Wildman–Crippen LogP) is 1.36. The first-order valence-electron chi connectivity index (χ1n) is 11.2. The molecule has 0 bridgehead atoms. The van der Waals surface area contributed by atoms with E-state index in [1.54, 1.807) is 31.2 Å². The van der Waals surface area contributed by atoms with E-state index < -0.39 is 29.9 Å². The number of carbonyl (C=O) groups is 4. The Morgan fingerprint density at radius 1 is 1.15 bits per heavy atom.